The normalized spacial score (nSPS) is 18.1. The molecule has 1 saturated carbocycles. The Kier molecular flexibility index (Phi) is 6.08. The summed E-state index contributed by atoms with van der Waals surface area (Å²) >= 11 is 1.81. The minimum absolute atomic E-state index is 0.256. The molecule has 1 rings (SSSR count). The zero-order valence-electron chi connectivity index (χ0n) is 9.05. The first-order valence-electron chi connectivity index (χ1n) is 5.61. The second-order valence-corrected chi connectivity index (χ2v) is 4.98. The predicted octanol–water partition coefficient (Wildman–Crippen LogP) is 2.58. The van der Waals surface area contributed by atoms with Crippen LogP contribution in [0.4, 0.5) is 0 Å². The van der Waals surface area contributed by atoms with E-state index in [0.29, 0.717) is 12.5 Å². The molecule has 0 unspecified atom stereocenters. The molecule has 2 nitrogen and oxygen atoms in total. The summed E-state index contributed by atoms with van der Waals surface area (Å²) in [5.74, 6) is 1.35. The molecule has 0 aromatic rings. The molecule has 0 aliphatic heterocycles. The molecule has 0 bridgehead atoms. The van der Waals surface area contributed by atoms with Gasteiger partial charge in [-0.2, -0.15) is 11.8 Å². The fourth-order valence-corrected chi connectivity index (χ4v) is 2.36. The van der Waals surface area contributed by atoms with Crippen LogP contribution in [0.25, 0.3) is 0 Å². The fourth-order valence-electron chi connectivity index (χ4n) is 1.92. The van der Waals surface area contributed by atoms with Crippen molar-refractivity contribution in [2.24, 2.45) is 0 Å². The number of carbonyl (C=O) groups excluding carboxylic acids is 1. The molecule has 1 N–H and O–H groups in total. The highest BCUT2D eigenvalue weighted by atomic mass is 32.2. The highest BCUT2D eigenvalue weighted by Crippen LogP contribution is 2.17. The summed E-state index contributed by atoms with van der Waals surface area (Å²) in [6.07, 6.45) is 10.1. The fraction of sp³-hybridized carbons (Fsp3) is 0.909. The van der Waals surface area contributed by atoms with Gasteiger partial charge in [0, 0.05) is 12.5 Å². The largest absolute Gasteiger partial charge is 0.353 e. The first kappa shape index (κ1) is 11.9. The van der Waals surface area contributed by atoms with Crippen molar-refractivity contribution in [1.29, 1.82) is 0 Å². The van der Waals surface area contributed by atoms with Crippen molar-refractivity contribution in [3.63, 3.8) is 0 Å². The van der Waals surface area contributed by atoms with Gasteiger partial charge in [-0.25, -0.2) is 0 Å². The standard InChI is InChI=1S/C11H21NOS/c1-14-9-5-8-11(13)12-10-6-3-2-4-7-10/h10H,2-9H2,1H3,(H,12,13). The van der Waals surface area contributed by atoms with E-state index >= 15 is 0 Å². The van der Waals surface area contributed by atoms with Gasteiger partial charge in [0.2, 0.25) is 5.91 Å². The minimum Gasteiger partial charge on any atom is -0.353 e. The highest BCUT2D eigenvalue weighted by molar-refractivity contribution is 7.98. The van der Waals surface area contributed by atoms with Crippen molar-refractivity contribution in [2.45, 2.75) is 51.0 Å². The van der Waals surface area contributed by atoms with Gasteiger partial charge in [0.15, 0.2) is 0 Å². The van der Waals surface area contributed by atoms with E-state index in [0.717, 1.165) is 12.2 Å². The number of rotatable bonds is 5. The molecule has 82 valence electrons. The lowest BCUT2D eigenvalue weighted by Gasteiger charge is -2.22. The van der Waals surface area contributed by atoms with E-state index in [4.69, 9.17) is 0 Å². The molecule has 0 spiro atoms. The summed E-state index contributed by atoms with van der Waals surface area (Å²) in [5.41, 5.74) is 0. The van der Waals surface area contributed by atoms with Gasteiger partial charge in [-0.05, 0) is 31.3 Å². The van der Waals surface area contributed by atoms with Gasteiger partial charge in [-0.3, -0.25) is 4.79 Å². The van der Waals surface area contributed by atoms with Gasteiger partial charge in [0.1, 0.15) is 0 Å². The zero-order chi connectivity index (χ0) is 10.2. The summed E-state index contributed by atoms with van der Waals surface area (Å²) < 4.78 is 0. The average Bonchev–Trinajstić information content (AvgIpc) is 2.20. The topological polar surface area (TPSA) is 29.1 Å². The maximum atomic E-state index is 11.5. The Bertz CT molecular complexity index is 167. The zero-order valence-corrected chi connectivity index (χ0v) is 9.87. The third kappa shape index (κ3) is 4.89. The lowest BCUT2D eigenvalue weighted by molar-refractivity contribution is -0.122. The Labute approximate surface area is 91.2 Å². The molecule has 14 heavy (non-hydrogen) atoms. The number of hydrogen-bond acceptors (Lipinski definition) is 2. The van der Waals surface area contributed by atoms with E-state index in [1.807, 2.05) is 11.8 Å². The maximum absolute atomic E-state index is 11.5. The van der Waals surface area contributed by atoms with E-state index in [-0.39, 0.29) is 5.91 Å². The first-order valence-corrected chi connectivity index (χ1v) is 7.00. The molecule has 1 amide bonds. The van der Waals surface area contributed by atoms with Gasteiger partial charge in [0.25, 0.3) is 0 Å². The van der Waals surface area contributed by atoms with Crippen molar-refractivity contribution in [1.82, 2.24) is 5.32 Å². The lowest BCUT2D eigenvalue weighted by Crippen LogP contribution is -2.36. The van der Waals surface area contributed by atoms with E-state index in [2.05, 4.69) is 11.6 Å². The second-order valence-electron chi connectivity index (χ2n) is 4.00. The molecule has 0 heterocycles. The average molecular weight is 215 g/mol. The van der Waals surface area contributed by atoms with Crippen molar-refractivity contribution >= 4 is 17.7 Å². The minimum atomic E-state index is 0.256. The predicted molar refractivity (Wildman–Crippen MR) is 62.6 cm³/mol. The van der Waals surface area contributed by atoms with Crippen molar-refractivity contribution in [3.8, 4) is 0 Å². The quantitative estimate of drug-likeness (QED) is 0.714. The summed E-state index contributed by atoms with van der Waals surface area (Å²) in [6, 6.07) is 0.477. The monoisotopic (exact) mass is 215 g/mol. The molecular formula is C11H21NOS. The van der Waals surface area contributed by atoms with Gasteiger partial charge in [-0.1, -0.05) is 19.3 Å². The first-order chi connectivity index (χ1) is 6.83. The van der Waals surface area contributed by atoms with Crippen molar-refractivity contribution in [2.75, 3.05) is 12.0 Å². The van der Waals surface area contributed by atoms with Crippen molar-refractivity contribution in [3.05, 3.63) is 0 Å². The van der Waals surface area contributed by atoms with Gasteiger partial charge < -0.3 is 5.32 Å². The molecule has 1 aliphatic rings. The molecule has 0 atom stereocenters. The van der Waals surface area contributed by atoms with Crippen LogP contribution in [0.15, 0.2) is 0 Å². The van der Waals surface area contributed by atoms with Crippen LogP contribution in [-0.4, -0.2) is 24.0 Å². The number of nitrogens with one attached hydrogen (secondary N) is 1. The number of thioether (sulfide) groups is 1. The molecule has 0 saturated heterocycles. The van der Waals surface area contributed by atoms with E-state index in [1.165, 1.54) is 32.1 Å². The number of amides is 1. The maximum Gasteiger partial charge on any atom is 0.220 e. The van der Waals surface area contributed by atoms with Crippen LogP contribution in [0.1, 0.15) is 44.9 Å². The molecule has 1 fully saturated rings. The number of carbonyl (C=O) groups is 1. The van der Waals surface area contributed by atoms with E-state index in [9.17, 15) is 4.79 Å². The van der Waals surface area contributed by atoms with Crippen LogP contribution < -0.4 is 5.32 Å². The molecule has 3 heteroatoms. The van der Waals surface area contributed by atoms with Crippen LogP contribution >= 0.6 is 11.8 Å². The molecule has 1 aliphatic carbocycles. The Morgan fingerprint density at radius 3 is 2.71 bits per heavy atom. The Hall–Kier alpha value is -0.180. The van der Waals surface area contributed by atoms with Gasteiger partial charge in [0.05, 0.1) is 0 Å². The molecular weight excluding hydrogens is 194 g/mol. The SMILES string of the molecule is CSCCCC(=O)NC1CCCCC1. The lowest BCUT2D eigenvalue weighted by atomic mass is 9.95. The van der Waals surface area contributed by atoms with Crippen molar-refractivity contribution < 1.29 is 4.79 Å². The van der Waals surface area contributed by atoms with Crippen LogP contribution in [0.3, 0.4) is 0 Å². The molecule has 0 aromatic carbocycles. The molecule has 0 radical (unpaired) electrons. The Morgan fingerprint density at radius 2 is 2.07 bits per heavy atom. The smallest absolute Gasteiger partial charge is 0.220 e. The third-order valence-electron chi connectivity index (χ3n) is 2.72. The van der Waals surface area contributed by atoms with E-state index in [1.54, 1.807) is 0 Å². The molecule has 0 aromatic heterocycles. The third-order valence-corrected chi connectivity index (χ3v) is 3.42. The highest BCUT2D eigenvalue weighted by Gasteiger charge is 2.14. The van der Waals surface area contributed by atoms with E-state index < -0.39 is 0 Å². The second kappa shape index (κ2) is 7.16. The summed E-state index contributed by atoms with van der Waals surface area (Å²) in [4.78, 5) is 11.5. The Balaban J connectivity index is 2.06. The number of hydrogen-bond donors (Lipinski definition) is 1. The van der Waals surface area contributed by atoms with Crippen LogP contribution in [0, 0.1) is 0 Å². The van der Waals surface area contributed by atoms with Gasteiger partial charge >= 0.3 is 0 Å². The summed E-state index contributed by atoms with van der Waals surface area (Å²) in [5, 5.41) is 3.13. The van der Waals surface area contributed by atoms with Crippen LogP contribution in [0.5, 0.6) is 0 Å². The summed E-state index contributed by atoms with van der Waals surface area (Å²) in [6.45, 7) is 0. The summed E-state index contributed by atoms with van der Waals surface area (Å²) in [7, 11) is 0. The van der Waals surface area contributed by atoms with Crippen LogP contribution in [0.2, 0.25) is 0 Å². The van der Waals surface area contributed by atoms with Gasteiger partial charge in [-0.15, -0.1) is 0 Å². The van der Waals surface area contributed by atoms with Crippen LogP contribution in [-0.2, 0) is 4.79 Å². The Morgan fingerprint density at radius 1 is 1.36 bits per heavy atom.